The Morgan fingerprint density at radius 3 is 2.62 bits per heavy atom. The molecule has 0 aliphatic heterocycles. The molecular formula is C22H18N2O4S. The lowest BCUT2D eigenvalue weighted by Gasteiger charge is -2.10. The number of nitrogens with zero attached hydrogens (tertiary/aromatic N) is 1. The van der Waals surface area contributed by atoms with Crippen molar-refractivity contribution in [3.8, 4) is 0 Å². The molecule has 0 bridgehead atoms. The van der Waals surface area contributed by atoms with E-state index in [1.807, 2.05) is 19.1 Å². The molecule has 0 atom stereocenters. The van der Waals surface area contributed by atoms with E-state index in [1.165, 1.54) is 24.5 Å². The van der Waals surface area contributed by atoms with Crippen molar-refractivity contribution in [3.63, 3.8) is 0 Å². The van der Waals surface area contributed by atoms with Crippen LogP contribution in [0.25, 0.3) is 10.9 Å². The summed E-state index contributed by atoms with van der Waals surface area (Å²) in [7, 11) is -3.60. The van der Waals surface area contributed by atoms with E-state index < -0.39 is 15.7 Å². The van der Waals surface area contributed by atoms with E-state index in [1.54, 1.807) is 36.5 Å². The Kier molecular flexibility index (Phi) is 4.90. The summed E-state index contributed by atoms with van der Waals surface area (Å²) < 4.78 is 30.7. The number of pyridine rings is 1. The van der Waals surface area contributed by atoms with E-state index in [2.05, 4.69) is 10.3 Å². The normalized spacial score (nSPS) is 11.5. The minimum atomic E-state index is -3.60. The van der Waals surface area contributed by atoms with Crippen molar-refractivity contribution in [1.82, 2.24) is 4.98 Å². The highest BCUT2D eigenvalue weighted by Gasteiger charge is 2.23. The lowest BCUT2D eigenvalue weighted by atomic mass is 10.1. The van der Waals surface area contributed by atoms with Gasteiger partial charge in [0.05, 0.1) is 28.1 Å². The van der Waals surface area contributed by atoms with Gasteiger partial charge in [0.15, 0.2) is 15.6 Å². The van der Waals surface area contributed by atoms with Crippen molar-refractivity contribution in [3.05, 3.63) is 90.0 Å². The highest BCUT2D eigenvalue weighted by atomic mass is 32.2. The molecule has 2 aromatic carbocycles. The number of aryl methyl sites for hydroxylation is 1. The van der Waals surface area contributed by atoms with E-state index in [9.17, 15) is 13.2 Å². The first-order valence-electron chi connectivity index (χ1n) is 8.95. The zero-order valence-electron chi connectivity index (χ0n) is 15.6. The van der Waals surface area contributed by atoms with Crippen molar-refractivity contribution in [2.24, 2.45) is 0 Å². The summed E-state index contributed by atoms with van der Waals surface area (Å²) in [6.07, 6.45) is 3.01. The number of aromatic nitrogens is 1. The van der Waals surface area contributed by atoms with Gasteiger partial charge < -0.3 is 9.73 Å². The molecule has 0 saturated carbocycles. The number of rotatable bonds is 5. The first-order chi connectivity index (χ1) is 14.0. The molecule has 7 heteroatoms. The fourth-order valence-electron chi connectivity index (χ4n) is 3.17. The summed E-state index contributed by atoms with van der Waals surface area (Å²) in [5.41, 5.74) is 2.67. The van der Waals surface area contributed by atoms with Gasteiger partial charge in [-0.1, -0.05) is 24.3 Å². The maximum Gasteiger partial charge on any atom is 0.291 e. The molecule has 0 radical (unpaired) electrons. The first-order valence-corrected chi connectivity index (χ1v) is 10.6. The van der Waals surface area contributed by atoms with Gasteiger partial charge in [0.2, 0.25) is 0 Å². The third-order valence-electron chi connectivity index (χ3n) is 4.62. The number of hydrogen-bond acceptors (Lipinski definition) is 5. The summed E-state index contributed by atoms with van der Waals surface area (Å²) >= 11 is 0. The summed E-state index contributed by atoms with van der Waals surface area (Å²) in [4.78, 5) is 17.4. The molecule has 29 heavy (non-hydrogen) atoms. The van der Waals surface area contributed by atoms with Crippen molar-refractivity contribution in [2.45, 2.75) is 17.6 Å². The van der Waals surface area contributed by atoms with Crippen LogP contribution in [0.4, 0.5) is 5.69 Å². The second-order valence-electron chi connectivity index (χ2n) is 6.63. The van der Waals surface area contributed by atoms with Gasteiger partial charge in [-0.3, -0.25) is 9.78 Å². The molecule has 146 valence electrons. The van der Waals surface area contributed by atoms with Crippen LogP contribution in [-0.2, 0) is 15.6 Å². The fourth-order valence-corrected chi connectivity index (χ4v) is 4.54. The van der Waals surface area contributed by atoms with E-state index in [-0.39, 0.29) is 16.4 Å². The molecule has 4 aromatic rings. The van der Waals surface area contributed by atoms with Gasteiger partial charge in [0, 0.05) is 17.1 Å². The molecule has 0 unspecified atom stereocenters. The molecule has 2 aromatic heterocycles. The minimum absolute atomic E-state index is 0.0258. The van der Waals surface area contributed by atoms with Crippen molar-refractivity contribution >= 4 is 32.3 Å². The summed E-state index contributed by atoms with van der Waals surface area (Å²) in [5, 5.41) is 3.61. The standard InChI is InChI=1S/C22H18N2O4S/c1-15-9-10-19(18-8-5-12-23-20(15)18)24-22(25)21-16(11-13-28-21)14-29(26,27)17-6-3-2-4-7-17/h2-13H,14H2,1H3,(H,24,25). The van der Waals surface area contributed by atoms with E-state index in [4.69, 9.17) is 4.42 Å². The second kappa shape index (κ2) is 7.52. The molecule has 0 saturated heterocycles. The van der Waals surface area contributed by atoms with Crippen molar-refractivity contribution < 1.29 is 17.6 Å². The number of anilines is 1. The summed E-state index contributed by atoms with van der Waals surface area (Å²) in [6.45, 7) is 1.94. The number of hydrogen-bond donors (Lipinski definition) is 1. The maximum atomic E-state index is 12.8. The van der Waals surface area contributed by atoms with Gasteiger partial charge in [-0.2, -0.15) is 0 Å². The van der Waals surface area contributed by atoms with Crippen molar-refractivity contribution in [1.29, 1.82) is 0 Å². The number of sulfone groups is 1. The quantitative estimate of drug-likeness (QED) is 0.532. The monoisotopic (exact) mass is 406 g/mol. The minimum Gasteiger partial charge on any atom is -0.459 e. The molecule has 1 N–H and O–H groups in total. The predicted octanol–water partition coefficient (Wildman–Crippen LogP) is 4.36. The average molecular weight is 406 g/mol. The molecule has 4 rings (SSSR count). The molecule has 2 heterocycles. The lowest BCUT2D eigenvalue weighted by molar-refractivity contribution is 0.0996. The third-order valence-corrected chi connectivity index (χ3v) is 6.30. The molecule has 0 spiro atoms. The van der Waals surface area contributed by atoms with Gasteiger partial charge in [-0.05, 0) is 48.9 Å². The Morgan fingerprint density at radius 1 is 1.03 bits per heavy atom. The predicted molar refractivity (Wildman–Crippen MR) is 110 cm³/mol. The molecule has 1 amide bonds. The van der Waals surface area contributed by atoms with E-state index >= 15 is 0 Å². The zero-order chi connectivity index (χ0) is 20.4. The Hall–Kier alpha value is -3.45. The number of furan rings is 1. The zero-order valence-corrected chi connectivity index (χ0v) is 16.4. The smallest absolute Gasteiger partial charge is 0.291 e. The highest BCUT2D eigenvalue weighted by Crippen LogP contribution is 2.26. The molecular weight excluding hydrogens is 388 g/mol. The summed E-state index contributed by atoms with van der Waals surface area (Å²) in [5.74, 6) is -0.865. The van der Waals surface area contributed by atoms with Crippen LogP contribution in [0.2, 0.25) is 0 Å². The van der Waals surface area contributed by atoms with Crippen LogP contribution in [0.5, 0.6) is 0 Å². The van der Waals surface area contributed by atoms with Gasteiger partial charge in [0.1, 0.15) is 0 Å². The number of amides is 1. The lowest BCUT2D eigenvalue weighted by Crippen LogP contribution is -2.15. The molecule has 0 aliphatic rings. The second-order valence-corrected chi connectivity index (χ2v) is 8.62. The maximum absolute atomic E-state index is 12.8. The Morgan fingerprint density at radius 2 is 1.83 bits per heavy atom. The summed E-state index contributed by atoms with van der Waals surface area (Å²) in [6, 6.07) is 16.9. The molecule has 0 aliphatic carbocycles. The van der Waals surface area contributed by atoms with Crippen LogP contribution in [0.3, 0.4) is 0 Å². The number of carbonyl (C=O) groups excluding carboxylic acids is 1. The van der Waals surface area contributed by atoms with E-state index in [0.29, 0.717) is 11.3 Å². The third kappa shape index (κ3) is 3.77. The Balaban J connectivity index is 1.62. The van der Waals surface area contributed by atoms with Crippen molar-refractivity contribution in [2.75, 3.05) is 5.32 Å². The first kappa shape index (κ1) is 18.9. The number of fused-ring (bicyclic) bond motifs is 1. The van der Waals surface area contributed by atoms with Crippen LogP contribution < -0.4 is 5.32 Å². The van der Waals surface area contributed by atoms with Gasteiger partial charge in [0.25, 0.3) is 5.91 Å². The average Bonchev–Trinajstić information content (AvgIpc) is 3.18. The number of benzene rings is 2. The van der Waals surface area contributed by atoms with Gasteiger partial charge in [-0.15, -0.1) is 0 Å². The Labute approximate surface area is 168 Å². The molecule has 6 nitrogen and oxygen atoms in total. The highest BCUT2D eigenvalue weighted by molar-refractivity contribution is 7.90. The SMILES string of the molecule is Cc1ccc(NC(=O)c2occc2CS(=O)(=O)c2ccccc2)c2cccnc12. The molecule has 0 fully saturated rings. The largest absolute Gasteiger partial charge is 0.459 e. The Bertz CT molecular complexity index is 1290. The van der Waals surface area contributed by atoms with Gasteiger partial charge in [-0.25, -0.2) is 8.42 Å². The van der Waals surface area contributed by atoms with Crippen LogP contribution in [-0.4, -0.2) is 19.3 Å². The van der Waals surface area contributed by atoms with Gasteiger partial charge >= 0.3 is 0 Å². The van der Waals surface area contributed by atoms with Crippen LogP contribution in [0.1, 0.15) is 21.7 Å². The van der Waals surface area contributed by atoms with Crippen LogP contribution in [0.15, 0.2) is 82.4 Å². The topological polar surface area (TPSA) is 89.3 Å². The number of carbonyl (C=O) groups is 1. The number of nitrogens with one attached hydrogen (secondary N) is 1. The van der Waals surface area contributed by atoms with Crippen LogP contribution >= 0.6 is 0 Å². The van der Waals surface area contributed by atoms with Crippen LogP contribution in [0, 0.1) is 6.92 Å². The van der Waals surface area contributed by atoms with E-state index in [0.717, 1.165) is 16.5 Å². The fraction of sp³-hybridized carbons (Fsp3) is 0.0909.